The van der Waals surface area contributed by atoms with Crippen molar-refractivity contribution in [1.82, 2.24) is 11.1 Å². The summed E-state index contributed by atoms with van der Waals surface area (Å²) in [5.74, 6) is -0.191. The summed E-state index contributed by atoms with van der Waals surface area (Å²) in [6.07, 6.45) is 2.64. The number of benzene rings is 1. The van der Waals surface area contributed by atoms with Gasteiger partial charge in [0.2, 0.25) is 5.91 Å². The number of hydrogen-bond acceptors (Lipinski definition) is 4. The maximum Gasteiger partial charge on any atom is 0.416 e. The van der Waals surface area contributed by atoms with Crippen LogP contribution >= 0.6 is 0 Å². The van der Waals surface area contributed by atoms with E-state index in [0.717, 1.165) is 5.56 Å². The van der Waals surface area contributed by atoms with Gasteiger partial charge < -0.3 is 10.9 Å². The molecule has 1 heterocycles. The van der Waals surface area contributed by atoms with Gasteiger partial charge in [0, 0.05) is 6.42 Å². The molecule has 1 fully saturated rings. The first-order chi connectivity index (χ1) is 9.22. The fourth-order valence-electron chi connectivity index (χ4n) is 2.15. The Morgan fingerprint density at radius 2 is 2.10 bits per heavy atom. The van der Waals surface area contributed by atoms with Gasteiger partial charge in [-0.1, -0.05) is 36.4 Å². The summed E-state index contributed by atoms with van der Waals surface area (Å²) in [6.45, 7) is 3.85. The lowest BCUT2D eigenvalue weighted by Gasteiger charge is -2.19. The predicted molar refractivity (Wildman–Crippen MR) is 76.6 cm³/mol. The smallest absolute Gasteiger partial charge is 0.416 e. The average molecular weight is 276 g/mol. The van der Waals surface area contributed by atoms with E-state index in [-0.39, 0.29) is 24.7 Å². The number of amides is 2. The molecule has 20 heavy (non-hydrogen) atoms. The van der Waals surface area contributed by atoms with Gasteiger partial charge in [0.15, 0.2) is 0 Å². The van der Waals surface area contributed by atoms with Gasteiger partial charge >= 0.3 is 6.09 Å². The van der Waals surface area contributed by atoms with E-state index in [1.807, 2.05) is 30.3 Å². The Bertz CT molecular complexity index is 473. The summed E-state index contributed by atoms with van der Waals surface area (Å²) >= 11 is 0. The molecular formula is C15H20N2O3. The molecule has 1 atom stereocenters. The Morgan fingerprint density at radius 1 is 1.40 bits per heavy atom. The minimum Gasteiger partial charge on any atom is -0.447 e. The minimum absolute atomic E-state index is 0. The average Bonchev–Trinajstić information content (AvgIpc) is 2.78. The third-order valence-corrected chi connectivity index (χ3v) is 3.11. The van der Waals surface area contributed by atoms with Crippen LogP contribution in [0.15, 0.2) is 43.0 Å². The van der Waals surface area contributed by atoms with Crippen molar-refractivity contribution < 1.29 is 14.3 Å². The molecule has 0 bridgehead atoms. The molecule has 0 spiro atoms. The van der Waals surface area contributed by atoms with E-state index in [4.69, 9.17) is 4.74 Å². The van der Waals surface area contributed by atoms with Crippen LogP contribution in [0.1, 0.15) is 18.4 Å². The monoisotopic (exact) mass is 276 g/mol. The molecule has 0 radical (unpaired) electrons. The van der Waals surface area contributed by atoms with Gasteiger partial charge in [0.1, 0.15) is 6.61 Å². The van der Waals surface area contributed by atoms with E-state index in [0.29, 0.717) is 19.3 Å². The number of carbonyl (C=O) groups is 2. The van der Waals surface area contributed by atoms with Gasteiger partial charge in [-0.05, 0) is 18.4 Å². The van der Waals surface area contributed by atoms with Crippen molar-refractivity contribution in [3.63, 3.8) is 0 Å². The van der Waals surface area contributed by atoms with Gasteiger partial charge in [-0.2, -0.15) is 0 Å². The first-order valence-corrected chi connectivity index (χ1v) is 6.36. The molecule has 2 rings (SSSR count). The van der Waals surface area contributed by atoms with Crippen LogP contribution in [0.3, 0.4) is 0 Å². The Kier molecular flexibility index (Phi) is 5.93. The van der Waals surface area contributed by atoms with Crippen LogP contribution in [0.25, 0.3) is 0 Å². The quantitative estimate of drug-likeness (QED) is 0.838. The fraction of sp³-hybridized carbons (Fsp3) is 0.333. The molecule has 0 aliphatic carbocycles. The van der Waals surface area contributed by atoms with E-state index in [2.05, 4.69) is 6.58 Å². The van der Waals surface area contributed by atoms with E-state index >= 15 is 0 Å². The number of carbonyl (C=O) groups excluding carboxylic acids is 2. The molecule has 1 aromatic carbocycles. The van der Waals surface area contributed by atoms with Crippen molar-refractivity contribution in [3.8, 4) is 0 Å². The zero-order valence-electron chi connectivity index (χ0n) is 11.5. The van der Waals surface area contributed by atoms with E-state index < -0.39 is 6.09 Å². The number of imide groups is 1. The highest BCUT2D eigenvalue weighted by Crippen LogP contribution is 2.18. The molecule has 1 aliphatic heterocycles. The van der Waals surface area contributed by atoms with E-state index in [1.165, 1.54) is 4.90 Å². The largest absolute Gasteiger partial charge is 0.447 e. The molecule has 0 saturated carbocycles. The van der Waals surface area contributed by atoms with Crippen molar-refractivity contribution >= 4 is 12.0 Å². The number of hydrogen-bond donors (Lipinski definition) is 1. The minimum atomic E-state index is -0.532. The third kappa shape index (κ3) is 3.68. The maximum atomic E-state index is 12.0. The summed E-state index contributed by atoms with van der Waals surface area (Å²) in [5, 5.41) is 0. The highest BCUT2D eigenvalue weighted by molar-refractivity contribution is 5.93. The maximum absolute atomic E-state index is 12.0. The molecular weight excluding hydrogens is 256 g/mol. The second-order valence-electron chi connectivity index (χ2n) is 4.51. The van der Waals surface area contributed by atoms with Crippen LogP contribution in [-0.4, -0.2) is 29.5 Å². The molecule has 0 aromatic heterocycles. The van der Waals surface area contributed by atoms with Crippen LogP contribution in [0.4, 0.5) is 4.79 Å². The van der Waals surface area contributed by atoms with Gasteiger partial charge in [-0.25, -0.2) is 9.69 Å². The summed E-state index contributed by atoms with van der Waals surface area (Å²) < 4.78 is 4.99. The zero-order valence-corrected chi connectivity index (χ0v) is 11.5. The van der Waals surface area contributed by atoms with Crippen LogP contribution in [0.2, 0.25) is 0 Å². The van der Waals surface area contributed by atoms with Gasteiger partial charge in [-0.3, -0.25) is 4.79 Å². The van der Waals surface area contributed by atoms with Crippen molar-refractivity contribution in [2.75, 3.05) is 6.61 Å². The zero-order chi connectivity index (χ0) is 13.7. The highest BCUT2D eigenvalue weighted by atomic mass is 16.6. The van der Waals surface area contributed by atoms with Gasteiger partial charge in [0.25, 0.3) is 0 Å². The first kappa shape index (κ1) is 15.9. The van der Waals surface area contributed by atoms with Gasteiger partial charge in [-0.15, -0.1) is 6.58 Å². The van der Waals surface area contributed by atoms with Crippen molar-refractivity contribution in [2.24, 2.45) is 0 Å². The fourth-order valence-corrected chi connectivity index (χ4v) is 2.15. The first-order valence-electron chi connectivity index (χ1n) is 6.36. The molecule has 1 aliphatic rings. The number of rotatable bonds is 5. The second kappa shape index (κ2) is 7.45. The highest BCUT2D eigenvalue weighted by Gasteiger charge is 2.37. The van der Waals surface area contributed by atoms with Crippen LogP contribution in [0, 0.1) is 0 Å². The second-order valence-corrected chi connectivity index (χ2v) is 4.51. The molecule has 2 amide bonds. The molecule has 108 valence electrons. The Balaban J connectivity index is 0.00000200. The number of ether oxygens (including phenoxy) is 1. The van der Waals surface area contributed by atoms with Crippen LogP contribution < -0.4 is 6.15 Å². The molecule has 5 heteroatoms. The van der Waals surface area contributed by atoms with Gasteiger partial charge in [0.05, 0.1) is 6.04 Å². The Labute approximate surface area is 118 Å². The van der Waals surface area contributed by atoms with Crippen molar-refractivity contribution in [1.29, 1.82) is 0 Å². The van der Waals surface area contributed by atoms with Crippen molar-refractivity contribution in [3.05, 3.63) is 48.6 Å². The lowest BCUT2D eigenvalue weighted by Crippen LogP contribution is -2.40. The lowest BCUT2D eigenvalue weighted by atomic mass is 10.1. The normalized spacial score (nSPS) is 17.3. The molecule has 1 saturated heterocycles. The third-order valence-electron chi connectivity index (χ3n) is 3.11. The summed E-state index contributed by atoms with van der Waals surface area (Å²) in [6, 6.07) is 9.58. The molecule has 5 nitrogen and oxygen atoms in total. The number of nitrogens with zero attached hydrogens (tertiary/aromatic N) is 1. The number of cyclic esters (lactones) is 1. The SMILES string of the molecule is C=CCCC(=O)N1C(=O)OC[C@H]1Cc1ccccc1.N. The molecule has 3 N–H and O–H groups in total. The number of allylic oxidation sites excluding steroid dienone is 1. The topological polar surface area (TPSA) is 81.6 Å². The Hall–Kier alpha value is -2.14. The standard InChI is InChI=1S/C15H17NO3.H3N/c1-2-3-9-14(17)16-13(11-19-15(16)18)10-12-7-5-4-6-8-12;/h2,4-8,13H,1,3,9-11H2;1H3/t13-;/m1./s1. The van der Waals surface area contributed by atoms with Crippen LogP contribution in [-0.2, 0) is 16.0 Å². The molecule has 0 unspecified atom stereocenters. The van der Waals surface area contributed by atoms with E-state index in [9.17, 15) is 9.59 Å². The van der Waals surface area contributed by atoms with Crippen molar-refractivity contribution in [2.45, 2.75) is 25.3 Å². The summed E-state index contributed by atoms with van der Waals surface area (Å²) in [7, 11) is 0. The van der Waals surface area contributed by atoms with Crippen LogP contribution in [0.5, 0.6) is 0 Å². The Morgan fingerprint density at radius 3 is 2.75 bits per heavy atom. The molecule has 1 aromatic rings. The summed E-state index contributed by atoms with van der Waals surface area (Å²) in [5.41, 5.74) is 1.09. The summed E-state index contributed by atoms with van der Waals surface area (Å²) in [4.78, 5) is 24.9. The predicted octanol–water partition coefficient (Wildman–Crippen LogP) is 2.70. The lowest BCUT2D eigenvalue weighted by molar-refractivity contribution is -0.129. The van der Waals surface area contributed by atoms with E-state index in [1.54, 1.807) is 6.08 Å².